The Labute approximate surface area is 173 Å². The van der Waals surface area contributed by atoms with Crippen LogP contribution in [0.5, 0.6) is 0 Å². The van der Waals surface area contributed by atoms with Crippen LogP contribution in [-0.2, 0) is 4.79 Å². The molecule has 29 heavy (non-hydrogen) atoms. The van der Waals surface area contributed by atoms with E-state index in [9.17, 15) is 9.90 Å². The monoisotopic (exact) mass is 402 g/mol. The average Bonchev–Trinajstić information content (AvgIpc) is 2.76. The molecule has 1 saturated carbocycles. The molecule has 0 unspecified atom stereocenters. The molecule has 0 spiro atoms. The molecule has 1 aliphatic heterocycles. The summed E-state index contributed by atoms with van der Waals surface area (Å²) in [7, 11) is 0. The molecule has 2 aliphatic rings. The van der Waals surface area contributed by atoms with E-state index in [4.69, 9.17) is 0 Å². The minimum absolute atomic E-state index is 0.158. The fraction of sp³-hybridized carbons (Fsp3) is 0.667. The number of nitrogens with zero attached hydrogens (tertiary/aromatic N) is 4. The van der Waals surface area contributed by atoms with Gasteiger partial charge in [-0.3, -0.25) is 9.79 Å². The lowest BCUT2D eigenvalue weighted by molar-refractivity contribution is -0.131. The Kier molecular flexibility index (Phi) is 8.10. The van der Waals surface area contributed by atoms with Gasteiger partial charge in [0.15, 0.2) is 5.96 Å². The summed E-state index contributed by atoms with van der Waals surface area (Å²) in [4.78, 5) is 25.7. The number of carbonyl (C=O) groups is 1. The molecule has 1 saturated heterocycles. The minimum atomic E-state index is -0.164. The second-order valence-corrected chi connectivity index (χ2v) is 7.72. The van der Waals surface area contributed by atoms with Gasteiger partial charge in [0.2, 0.25) is 5.91 Å². The zero-order chi connectivity index (χ0) is 20.5. The van der Waals surface area contributed by atoms with E-state index in [-0.39, 0.29) is 12.0 Å². The number of amides is 1. The van der Waals surface area contributed by atoms with Crippen molar-refractivity contribution < 1.29 is 9.90 Å². The van der Waals surface area contributed by atoms with Crippen LogP contribution in [0.1, 0.15) is 39.0 Å². The van der Waals surface area contributed by atoms with Gasteiger partial charge in [-0.15, -0.1) is 0 Å². The normalized spacial score (nSPS) is 23.0. The van der Waals surface area contributed by atoms with Crippen LogP contribution in [0, 0.1) is 0 Å². The molecule has 1 amide bonds. The largest absolute Gasteiger partial charge is 0.393 e. The van der Waals surface area contributed by atoms with E-state index in [0.29, 0.717) is 19.0 Å². The van der Waals surface area contributed by atoms with E-state index in [2.05, 4.69) is 25.5 Å². The van der Waals surface area contributed by atoms with Crippen LogP contribution in [0.4, 0.5) is 5.82 Å². The van der Waals surface area contributed by atoms with Crippen LogP contribution < -0.4 is 15.5 Å². The summed E-state index contributed by atoms with van der Waals surface area (Å²) in [5.74, 6) is 1.90. The minimum Gasteiger partial charge on any atom is -0.393 e. The molecule has 2 heterocycles. The van der Waals surface area contributed by atoms with Crippen molar-refractivity contribution in [1.82, 2.24) is 20.5 Å². The predicted octanol–water partition coefficient (Wildman–Crippen LogP) is 0.979. The number of nitrogens with one attached hydrogen (secondary N) is 2. The number of pyridine rings is 1. The highest BCUT2D eigenvalue weighted by molar-refractivity contribution is 5.81. The van der Waals surface area contributed by atoms with Gasteiger partial charge in [0.25, 0.3) is 0 Å². The SMILES string of the molecule is CCNC(=NCCC(=O)N1CCN(c2ccccn2)CC1)NC1CCC(O)CC1. The van der Waals surface area contributed by atoms with E-state index in [0.717, 1.165) is 70.2 Å². The Bertz CT molecular complexity index is 652. The van der Waals surface area contributed by atoms with E-state index < -0.39 is 0 Å². The maximum absolute atomic E-state index is 12.6. The lowest BCUT2D eigenvalue weighted by Gasteiger charge is -2.35. The Hall–Kier alpha value is -2.35. The lowest BCUT2D eigenvalue weighted by Crippen LogP contribution is -2.49. The number of carbonyl (C=O) groups excluding carboxylic acids is 1. The molecule has 0 aromatic carbocycles. The number of aliphatic imine (C=N–C) groups is 1. The number of aromatic nitrogens is 1. The Morgan fingerprint density at radius 2 is 1.97 bits per heavy atom. The van der Waals surface area contributed by atoms with Crippen molar-refractivity contribution in [2.24, 2.45) is 4.99 Å². The number of aliphatic hydroxyl groups excluding tert-OH is 1. The molecule has 1 aromatic rings. The predicted molar refractivity (Wildman–Crippen MR) is 115 cm³/mol. The first-order chi connectivity index (χ1) is 14.2. The second-order valence-electron chi connectivity index (χ2n) is 7.72. The Morgan fingerprint density at radius 1 is 1.21 bits per heavy atom. The van der Waals surface area contributed by atoms with Gasteiger partial charge in [0.1, 0.15) is 5.82 Å². The fourth-order valence-electron chi connectivity index (χ4n) is 3.88. The van der Waals surface area contributed by atoms with Crippen LogP contribution in [0.3, 0.4) is 0 Å². The number of guanidine groups is 1. The lowest BCUT2D eigenvalue weighted by atomic mass is 9.93. The molecule has 3 N–H and O–H groups in total. The third kappa shape index (κ3) is 6.59. The topological polar surface area (TPSA) is 93.1 Å². The molecule has 1 aromatic heterocycles. The van der Waals surface area contributed by atoms with Crippen LogP contribution in [0.2, 0.25) is 0 Å². The van der Waals surface area contributed by atoms with Gasteiger partial charge in [-0.25, -0.2) is 4.98 Å². The maximum atomic E-state index is 12.6. The second kappa shape index (κ2) is 11.0. The molecule has 0 radical (unpaired) electrons. The number of rotatable bonds is 6. The van der Waals surface area contributed by atoms with E-state index >= 15 is 0 Å². The zero-order valence-corrected chi connectivity index (χ0v) is 17.4. The Morgan fingerprint density at radius 3 is 2.62 bits per heavy atom. The summed E-state index contributed by atoms with van der Waals surface area (Å²) in [6.45, 7) is 6.36. The highest BCUT2D eigenvalue weighted by Gasteiger charge is 2.22. The molecular formula is C21H34N6O2. The number of anilines is 1. The van der Waals surface area contributed by atoms with Crippen molar-refractivity contribution in [2.75, 3.05) is 44.2 Å². The van der Waals surface area contributed by atoms with Gasteiger partial charge >= 0.3 is 0 Å². The molecule has 2 fully saturated rings. The number of hydrogen-bond donors (Lipinski definition) is 3. The van der Waals surface area contributed by atoms with Crippen LogP contribution in [-0.4, -0.2) is 78.3 Å². The van der Waals surface area contributed by atoms with Gasteiger partial charge in [-0.2, -0.15) is 0 Å². The van der Waals surface area contributed by atoms with Crippen molar-refractivity contribution in [2.45, 2.75) is 51.2 Å². The molecule has 3 rings (SSSR count). The van der Waals surface area contributed by atoms with Crippen molar-refractivity contribution in [3.05, 3.63) is 24.4 Å². The number of hydrogen-bond acceptors (Lipinski definition) is 5. The fourth-order valence-corrected chi connectivity index (χ4v) is 3.88. The summed E-state index contributed by atoms with van der Waals surface area (Å²) in [6.07, 6.45) is 5.62. The van der Waals surface area contributed by atoms with Crippen molar-refractivity contribution in [3.8, 4) is 0 Å². The molecule has 8 heteroatoms. The first-order valence-corrected chi connectivity index (χ1v) is 10.8. The van der Waals surface area contributed by atoms with E-state index in [1.807, 2.05) is 30.0 Å². The highest BCUT2D eigenvalue weighted by Crippen LogP contribution is 2.18. The number of aliphatic hydroxyl groups is 1. The molecule has 160 valence electrons. The third-order valence-corrected chi connectivity index (χ3v) is 5.58. The summed E-state index contributed by atoms with van der Waals surface area (Å²) < 4.78 is 0. The van der Waals surface area contributed by atoms with Gasteiger partial charge in [-0.05, 0) is 44.7 Å². The van der Waals surface area contributed by atoms with Crippen molar-refractivity contribution in [1.29, 1.82) is 0 Å². The van der Waals surface area contributed by atoms with Gasteiger partial charge < -0.3 is 25.5 Å². The quantitative estimate of drug-likeness (QED) is 0.485. The van der Waals surface area contributed by atoms with Crippen LogP contribution >= 0.6 is 0 Å². The smallest absolute Gasteiger partial charge is 0.224 e. The summed E-state index contributed by atoms with van der Waals surface area (Å²) >= 11 is 0. The Balaban J connectivity index is 1.41. The van der Waals surface area contributed by atoms with Gasteiger partial charge in [0.05, 0.1) is 12.6 Å². The van der Waals surface area contributed by atoms with E-state index in [1.165, 1.54) is 0 Å². The molecule has 0 atom stereocenters. The summed E-state index contributed by atoms with van der Waals surface area (Å²) in [6, 6.07) is 6.25. The molecule has 8 nitrogen and oxygen atoms in total. The van der Waals surface area contributed by atoms with Crippen LogP contribution in [0.15, 0.2) is 29.4 Å². The zero-order valence-electron chi connectivity index (χ0n) is 17.4. The van der Waals surface area contributed by atoms with E-state index in [1.54, 1.807) is 6.20 Å². The average molecular weight is 403 g/mol. The molecular weight excluding hydrogens is 368 g/mol. The summed E-state index contributed by atoms with van der Waals surface area (Å²) in [5.41, 5.74) is 0. The van der Waals surface area contributed by atoms with Crippen LogP contribution in [0.25, 0.3) is 0 Å². The maximum Gasteiger partial charge on any atom is 0.224 e. The molecule has 1 aliphatic carbocycles. The molecule has 0 bridgehead atoms. The van der Waals surface area contributed by atoms with Gasteiger partial charge in [-0.1, -0.05) is 6.07 Å². The van der Waals surface area contributed by atoms with Gasteiger partial charge in [0, 0.05) is 51.4 Å². The first-order valence-electron chi connectivity index (χ1n) is 10.8. The first kappa shape index (κ1) is 21.4. The number of piperazine rings is 1. The van der Waals surface area contributed by atoms with Crippen molar-refractivity contribution in [3.63, 3.8) is 0 Å². The highest BCUT2D eigenvalue weighted by atomic mass is 16.3. The standard InChI is InChI=1S/C21H34N6O2/c1-2-22-21(25-17-6-8-18(28)9-7-17)24-12-10-20(29)27-15-13-26(14-16-27)19-5-3-4-11-23-19/h3-5,11,17-18,28H,2,6-10,12-16H2,1H3,(H2,22,24,25). The van der Waals surface area contributed by atoms with Crippen molar-refractivity contribution >= 4 is 17.7 Å². The third-order valence-electron chi connectivity index (χ3n) is 5.58. The summed E-state index contributed by atoms with van der Waals surface area (Å²) in [5, 5.41) is 16.3.